The van der Waals surface area contributed by atoms with Gasteiger partial charge < -0.3 is 0 Å². The van der Waals surface area contributed by atoms with Crippen molar-refractivity contribution in [1.82, 2.24) is 0 Å². The van der Waals surface area contributed by atoms with E-state index >= 15 is 0 Å². The van der Waals surface area contributed by atoms with Crippen LogP contribution in [-0.4, -0.2) is 24.2 Å². The first-order valence-corrected chi connectivity index (χ1v) is 11.1. The van der Waals surface area contributed by atoms with Crippen LogP contribution in [0.15, 0.2) is 83.8 Å². The highest BCUT2D eigenvalue weighted by Gasteiger charge is 2.60. The number of carbonyl (C=O) groups excluding carboxylic acids is 2. The molecule has 3 aromatic rings. The summed E-state index contributed by atoms with van der Waals surface area (Å²) in [6.07, 6.45) is 1.06. The van der Waals surface area contributed by atoms with Gasteiger partial charge in [0.15, 0.2) is 6.10 Å². The van der Waals surface area contributed by atoms with Gasteiger partial charge in [-0.15, -0.1) is 11.8 Å². The number of hydrogen-bond acceptors (Lipinski definition) is 5. The van der Waals surface area contributed by atoms with Crippen molar-refractivity contribution >= 4 is 35.0 Å². The smallest absolute Gasteiger partial charge is 0.266 e. The van der Waals surface area contributed by atoms with Crippen LogP contribution in [0.25, 0.3) is 0 Å². The summed E-state index contributed by atoms with van der Waals surface area (Å²) in [4.78, 5) is 35.0. The van der Waals surface area contributed by atoms with Gasteiger partial charge in [-0.25, -0.2) is 14.4 Å². The number of hydroxylamine groups is 1. The number of anilines is 2. The highest BCUT2D eigenvalue weighted by molar-refractivity contribution is 7.98. The quantitative estimate of drug-likeness (QED) is 0.444. The van der Waals surface area contributed by atoms with Gasteiger partial charge in [-0.05, 0) is 60.4 Å². The molecule has 0 aliphatic carbocycles. The minimum atomic E-state index is -0.942. The van der Waals surface area contributed by atoms with Gasteiger partial charge in [0.1, 0.15) is 11.7 Å². The first-order chi connectivity index (χ1) is 15.1. The van der Waals surface area contributed by atoms with E-state index < -0.39 is 29.8 Å². The van der Waals surface area contributed by atoms with Crippen LogP contribution in [0, 0.1) is 11.7 Å². The summed E-state index contributed by atoms with van der Waals surface area (Å²) < 4.78 is 13.4. The minimum Gasteiger partial charge on any atom is -0.273 e. The maximum Gasteiger partial charge on any atom is 0.266 e. The van der Waals surface area contributed by atoms with Gasteiger partial charge in [-0.3, -0.25) is 14.4 Å². The van der Waals surface area contributed by atoms with Crippen LogP contribution in [-0.2, 0) is 14.4 Å². The maximum absolute atomic E-state index is 13.5. The first-order valence-electron chi connectivity index (χ1n) is 9.87. The molecule has 2 saturated heterocycles. The molecule has 31 heavy (non-hydrogen) atoms. The van der Waals surface area contributed by atoms with Gasteiger partial charge in [0.2, 0.25) is 5.91 Å². The molecule has 0 bridgehead atoms. The maximum atomic E-state index is 13.5. The van der Waals surface area contributed by atoms with Crippen molar-refractivity contribution in [2.75, 3.05) is 16.2 Å². The number of para-hydroxylation sites is 1. The Kier molecular flexibility index (Phi) is 5.00. The number of imide groups is 1. The molecule has 3 atom stereocenters. The lowest BCUT2D eigenvalue weighted by molar-refractivity contribution is -0.126. The van der Waals surface area contributed by atoms with Crippen molar-refractivity contribution < 1.29 is 18.8 Å². The highest BCUT2D eigenvalue weighted by atomic mass is 32.2. The van der Waals surface area contributed by atoms with E-state index in [1.165, 1.54) is 24.3 Å². The molecule has 2 aliphatic heterocycles. The number of hydrogen-bond donors (Lipinski definition) is 0. The van der Waals surface area contributed by atoms with E-state index in [4.69, 9.17) is 4.84 Å². The molecule has 3 aromatic carbocycles. The fourth-order valence-electron chi connectivity index (χ4n) is 4.20. The van der Waals surface area contributed by atoms with Crippen molar-refractivity contribution in [3.63, 3.8) is 0 Å². The second-order valence-corrected chi connectivity index (χ2v) is 8.30. The monoisotopic (exact) mass is 434 g/mol. The second-order valence-electron chi connectivity index (χ2n) is 7.42. The van der Waals surface area contributed by atoms with Gasteiger partial charge >= 0.3 is 0 Å². The summed E-state index contributed by atoms with van der Waals surface area (Å²) in [7, 11) is 0. The van der Waals surface area contributed by atoms with Crippen molar-refractivity contribution in [2.24, 2.45) is 5.92 Å². The third kappa shape index (κ3) is 3.30. The SMILES string of the molecule is CSc1ccc([C@@H]2[C@@H]3C(=O)N(c4ccc(F)cc4)C(=O)[C@@H]3ON2c2ccccc2)cc1. The zero-order valence-electron chi connectivity index (χ0n) is 16.6. The Balaban J connectivity index is 1.57. The lowest BCUT2D eigenvalue weighted by atomic mass is 9.90. The van der Waals surface area contributed by atoms with E-state index in [2.05, 4.69) is 0 Å². The van der Waals surface area contributed by atoms with Crippen LogP contribution in [0.1, 0.15) is 11.6 Å². The molecule has 2 amide bonds. The van der Waals surface area contributed by atoms with Gasteiger partial charge in [0.25, 0.3) is 5.91 Å². The molecular formula is C24H19FN2O3S. The summed E-state index contributed by atoms with van der Waals surface area (Å²) in [6.45, 7) is 0. The molecule has 5 rings (SSSR count). The Morgan fingerprint density at radius 1 is 0.839 bits per heavy atom. The largest absolute Gasteiger partial charge is 0.273 e. The molecule has 2 fully saturated rings. The van der Waals surface area contributed by atoms with E-state index in [1.807, 2.05) is 60.9 Å². The van der Waals surface area contributed by atoms with E-state index in [-0.39, 0.29) is 5.91 Å². The van der Waals surface area contributed by atoms with Gasteiger partial charge in [-0.2, -0.15) is 0 Å². The second kappa shape index (κ2) is 7.83. The molecule has 2 heterocycles. The van der Waals surface area contributed by atoms with Crippen LogP contribution in [0.4, 0.5) is 15.8 Å². The predicted molar refractivity (Wildman–Crippen MR) is 117 cm³/mol. The third-order valence-corrected chi connectivity index (χ3v) is 6.41. The topological polar surface area (TPSA) is 49.9 Å². The van der Waals surface area contributed by atoms with E-state index in [9.17, 15) is 14.0 Å². The Hall–Kier alpha value is -3.16. The fourth-order valence-corrected chi connectivity index (χ4v) is 4.61. The third-order valence-electron chi connectivity index (χ3n) is 5.67. The predicted octanol–water partition coefficient (Wildman–Crippen LogP) is 4.60. The molecular weight excluding hydrogens is 415 g/mol. The van der Waals surface area contributed by atoms with E-state index in [0.717, 1.165) is 21.0 Å². The van der Waals surface area contributed by atoms with Gasteiger partial charge in [-0.1, -0.05) is 30.3 Å². The van der Waals surface area contributed by atoms with Gasteiger partial charge in [0, 0.05) is 4.90 Å². The van der Waals surface area contributed by atoms with Crippen molar-refractivity contribution in [3.05, 3.63) is 90.2 Å². The van der Waals surface area contributed by atoms with E-state index in [0.29, 0.717) is 5.69 Å². The van der Waals surface area contributed by atoms with Crippen molar-refractivity contribution in [2.45, 2.75) is 17.0 Å². The van der Waals surface area contributed by atoms with Crippen LogP contribution in [0.5, 0.6) is 0 Å². The summed E-state index contributed by atoms with van der Waals surface area (Å²) in [6, 6.07) is 22.2. The molecule has 0 N–H and O–H groups in total. The first kappa shape index (κ1) is 19.8. The summed E-state index contributed by atoms with van der Waals surface area (Å²) in [5.41, 5.74) is 2.00. The molecule has 0 unspecified atom stereocenters. The number of amides is 2. The Morgan fingerprint density at radius 2 is 1.52 bits per heavy atom. The summed E-state index contributed by atoms with van der Waals surface area (Å²) >= 11 is 1.63. The molecule has 0 spiro atoms. The average molecular weight is 434 g/mol. The van der Waals surface area contributed by atoms with Crippen molar-refractivity contribution in [3.8, 4) is 0 Å². The summed E-state index contributed by atoms with van der Waals surface area (Å²) in [5.74, 6) is -1.93. The molecule has 2 aliphatic rings. The molecule has 0 saturated carbocycles. The summed E-state index contributed by atoms with van der Waals surface area (Å²) in [5, 5.41) is 1.67. The molecule has 0 aromatic heterocycles. The van der Waals surface area contributed by atoms with Crippen LogP contribution in [0.3, 0.4) is 0 Å². The zero-order valence-corrected chi connectivity index (χ0v) is 17.5. The van der Waals surface area contributed by atoms with Crippen molar-refractivity contribution in [1.29, 1.82) is 0 Å². The number of halogens is 1. The highest BCUT2D eigenvalue weighted by Crippen LogP contribution is 2.47. The Morgan fingerprint density at radius 3 is 2.16 bits per heavy atom. The normalized spacial score (nSPS) is 22.8. The fraction of sp³-hybridized carbons (Fsp3) is 0.167. The zero-order chi connectivity index (χ0) is 21.5. The number of fused-ring (bicyclic) bond motifs is 1. The average Bonchev–Trinajstić information content (AvgIpc) is 3.31. The lowest BCUT2D eigenvalue weighted by Crippen LogP contribution is -2.37. The molecule has 5 nitrogen and oxygen atoms in total. The minimum absolute atomic E-state index is 0.345. The van der Waals surface area contributed by atoms with Crippen LogP contribution in [0.2, 0.25) is 0 Å². The molecule has 156 valence electrons. The number of thioether (sulfide) groups is 1. The Bertz CT molecular complexity index is 1120. The van der Waals surface area contributed by atoms with Gasteiger partial charge in [0.05, 0.1) is 17.4 Å². The Labute approximate surface area is 183 Å². The van der Waals surface area contributed by atoms with E-state index in [1.54, 1.807) is 16.8 Å². The molecule has 7 heteroatoms. The lowest BCUT2D eigenvalue weighted by Gasteiger charge is -2.28. The standard InChI is InChI=1S/C24H19FN2O3S/c1-31-19-13-7-15(8-14-19)21-20-22(30-27(21)18-5-3-2-4-6-18)24(29)26(23(20)28)17-11-9-16(25)10-12-17/h2-14,20-22H,1H3/t20-,21+,22+/m0/s1. The number of benzene rings is 3. The van der Waals surface area contributed by atoms with Crippen LogP contribution >= 0.6 is 11.8 Å². The molecule has 0 radical (unpaired) electrons. The van der Waals surface area contributed by atoms with Crippen LogP contribution < -0.4 is 9.96 Å². The number of rotatable bonds is 4. The number of carbonyl (C=O) groups is 2. The number of nitrogens with zero attached hydrogens (tertiary/aromatic N) is 2.